The monoisotopic (exact) mass is 314 g/mol. The first-order valence-electron chi connectivity index (χ1n) is 7.80. The molecule has 6 heteroatoms. The highest BCUT2D eigenvalue weighted by Crippen LogP contribution is 2.25. The number of aryl methyl sites for hydroxylation is 1. The molecule has 1 heterocycles. The first kappa shape index (κ1) is 16.5. The van der Waals surface area contributed by atoms with E-state index in [2.05, 4.69) is 11.6 Å². The number of nitrogens with one attached hydrogen (secondary N) is 1. The van der Waals surface area contributed by atoms with Crippen LogP contribution in [0.3, 0.4) is 0 Å². The van der Waals surface area contributed by atoms with Gasteiger partial charge in [0.1, 0.15) is 0 Å². The second-order valence-electron chi connectivity index (χ2n) is 5.95. The molecule has 0 radical (unpaired) electrons. The first-order valence-corrected chi connectivity index (χ1v) is 9.28. The van der Waals surface area contributed by atoms with E-state index in [9.17, 15) is 13.5 Å². The largest absolute Gasteiger partial charge is 0.390 e. The third-order valence-corrected chi connectivity index (χ3v) is 5.90. The molecule has 0 bridgehead atoms. The number of rotatable bonds is 5. The third kappa shape index (κ3) is 3.87. The normalized spacial score (nSPS) is 24.0. The van der Waals surface area contributed by atoms with Crippen LogP contribution in [0.2, 0.25) is 0 Å². The van der Waals surface area contributed by atoms with E-state index in [1.807, 2.05) is 6.92 Å². The fourth-order valence-corrected chi connectivity index (χ4v) is 4.48. The van der Waals surface area contributed by atoms with Gasteiger partial charge in [-0.15, -0.1) is 0 Å². The zero-order valence-corrected chi connectivity index (χ0v) is 13.7. The summed E-state index contributed by atoms with van der Waals surface area (Å²) in [5.74, 6) is 0.368. The van der Waals surface area contributed by atoms with Crippen LogP contribution >= 0.6 is 0 Å². The molecular weight excluding hydrogens is 288 g/mol. The van der Waals surface area contributed by atoms with Crippen molar-refractivity contribution >= 4 is 10.0 Å². The summed E-state index contributed by atoms with van der Waals surface area (Å²) in [7, 11) is -3.51. The van der Waals surface area contributed by atoms with Gasteiger partial charge in [0.05, 0.1) is 11.5 Å². The Labute approximate surface area is 127 Å². The van der Waals surface area contributed by atoms with Crippen molar-refractivity contribution in [1.29, 1.82) is 0 Å². The highest BCUT2D eigenvalue weighted by molar-refractivity contribution is 7.89. The van der Waals surface area contributed by atoms with Crippen LogP contribution in [-0.2, 0) is 23.2 Å². The average Bonchev–Trinajstić information content (AvgIpc) is 2.80. The second-order valence-corrected chi connectivity index (χ2v) is 7.67. The Bertz CT molecular complexity index is 544. The molecule has 1 aliphatic carbocycles. The van der Waals surface area contributed by atoms with Crippen LogP contribution in [0.25, 0.3) is 0 Å². The van der Waals surface area contributed by atoms with E-state index in [0.717, 1.165) is 19.3 Å². The summed E-state index contributed by atoms with van der Waals surface area (Å²) < 4.78 is 29.7. The minimum absolute atomic E-state index is 0.0139. The lowest BCUT2D eigenvalue weighted by Crippen LogP contribution is -2.38. The molecular formula is C15H26N2O3S. The summed E-state index contributed by atoms with van der Waals surface area (Å²) in [6, 6.07) is 1.58. The zero-order chi connectivity index (χ0) is 15.5. The number of nitrogens with zero attached hydrogens (tertiary/aromatic N) is 1. The van der Waals surface area contributed by atoms with E-state index in [0.29, 0.717) is 18.2 Å². The Morgan fingerprint density at radius 1 is 1.33 bits per heavy atom. The Balaban J connectivity index is 2.19. The fraction of sp³-hybridized carbons (Fsp3) is 0.733. The maximum absolute atomic E-state index is 12.5. The molecule has 2 rings (SSSR count). The van der Waals surface area contributed by atoms with Crippen LogP contribution in [0.1, 0.15) is 51.6 Å². The molecule has 5 nitrogen and oxygen atoms in total. The maximum atomic E-state index is 12.5. The molecule has 1 aromatic heterocycles. The molecule has 0 amide bonds. The van der Waals surface area contributed by atoms with Gasteiger partial charge in [-0.05, 0) is 31.7 Å². The van der Waals surface area contributed by atoms with E-state index in [1.54, 1.807) is 16.8 Å². The number of aliphatic hydroxyl groups excluding tert-OH is 1. The molecule has 1 saturated carbocycles. The average molecular weight is 314 g/mol. The lowest BCUT2D eigenvalue weighted by Gasteiger charge is -2.22. The summed E-state index contributed by atoms with van der Waals surface area (Å²) in [6.45, 7) is 4.54. The summed E-state index contributed by atoms with van der Waals surface area (Å²) in [4.78, 5) is 0.254. The van der Waals surface area contributed by atoms with Crippen molar-refractivity contribution in [1.82, 2.24) is 9.29 Å². The van der Waals surface area contributed by atoms with Crippen molar-refractivity contribution in [2.75, 3.05) is 0 Å². The molecule has 0 spiro atoms. The third-order valence-electron chi connectivity index (χ3n) is 4.44. The molecule has 21 heavy (non-hydrogen) atoms. The van der Waals surface area contributed by atoms with Gasteiger partial charge in [-0.2, -0.15) is 0 Å². The minimum Gasteiger partial charge on any atom is -0.390 e. The van der Waals surface area contributed by atoms with Crippen LogP contribution in [0.4, 0.5) is 0 Å². The Morgan fingerprint density at radius 2 is 2.05 bits per heavy atom. The molecule has 1 fully saturated rings. The Morgan fingerprint density at radius 3 is 2.67 bits per heavy atom. The van der Waals surface area contributed by atoms with Gasteiger partial charge in [-0.3, -0.25) is 0 Å². The van der Waals surface area contributed by atoms with E-state index in [4.69, 9.17) is 0 Å². The van der Waals surface area contributed by atoms with Crippen molar-refractivity contribution in [3.8, 4) is 0 Å². The van der Waals surface area contributed by atoms with Gasteiger partial charge in [0.25, 0.3) is 0 Å². The van der Waals surface area contributed by atoms with Crippen LogP contribution in [0.15, 0.2) is 17.2 Å². The Kier molecular flexibility index (Phi) is 5.46. The van der Waals surface area contributed by atoms with E-state index in [-0.39, 0.29) is 17.5 Å². The number of hydrogen-bond donors (Lipinski definition) is 2. The number of hydrogen-bond acceptors (Lipinski definition) is 3. The molecule has 2 unspecified atom stereocenters. The molecule has 0 aromatic carbocycles. The lowest BCUT2D eigenvalue weighted by molar-refractivity contribution is 0.271. The molecule has 0 saturated heterocycles. The summed E-state index contributed by atoms with van der Waals surface area (Å²) in [5.41, 5.74) is 0.631. The maximum Gasteiger partial charge on any atom is 0.242 e. The van der Waals surface area contributed by atoms with Gasteiger partial charge in [0, 0.05) is 24.5 Å². The number of sulfonamides is 1. The quantitative estimate of drug-likeness (QED) is 0.819. The van der Waals surface area contributed by atoms with Gasteiger partial charge in [0.15, 0.2) is 0 Å². The predicted molar refractivity (Wildman–Crippen MR) is 82.4 cm³/mol. The fourth-order valence-electron chi connectivity index (χ4n) is 3.03. The molecule has 2 N–H and O–H groups in total. The van der Waals surface area contributed by atoms with Gasteiger partial charge in [-0.1, -0.05) is 26.2 Å². The van der Waals surface area contributed by atoms with Gasteiger partial charge < -0.3 is 9.67 Å². The van der Waals surface area contributed by atoms with Crippen molar-refractivity contribution in [3.63, 3.8) is 0 Å². The highest BCUT2D eigenvalue weighted by atomic mass is 32.2. The SMILES string of the molecule is CCn1cc(S(=O)(=O)NC2CCCCCC2C)cc1CO. The van der Waals surface area contributed by atoms with E-state index >= 15 is 0 Å². The molecule has 2 atom stereocenters. The van der Waals surface area contributed by atoms with Crippen molar-refractivity contribution < 1.29 is 13.5 Å². The smallest absolute Gasteiger partial charge is 0.242 e. The summed E-state index contributed by atoms with van der Waals surface area (Å²) >= 11 is 0. The number of aliphatic hydroxyl groups is 1. The van der Waals surface area contributed by atoms with Crippen molar-refractivity contribution in [2.45, 2.75) is 70.0 Å². The van der Waals surface area contributed by atoms with Crippen molar-refractivity contribution in [3.05, 3.63) is 18.0 Å². The molecule has 1 aliphatic rings. The van der Waals surface area contributed by atoms with Crippen LogP contribution in [0.5, 0.6) is 0 Å². The minimum atomic E-state index is -3.51. The molecule has 0 aliphatic heterocycles. The van der Waals surface area contributed by atoms with Crippen molar-refractivity contribution in [2.24, 2.45) is 5.92 Å². The van der Waals surface area contributed by atoms with Crippen LogP contribution < -0.4 is 4.72 Å². The standard InChI is InChI=1S/C15H26N2O3S/c1-3-17-10-14(9-13(17)11-18)21(19,20)16-15-8-6-4-5-7-12(15)2/h9-10,12,15-16,18H,3-8,11H2,1-2H3. The second kappa shape index (κ2) is 6.94. The first-order chi connectivity index (χ1) is 9.97. The lowest BCUT2D eigenvalue weighted by atomic mass is 9.98. The molecule has 120 valence electrons. The molecule has 1 aromatic rings. The topological polar surface area (TPSA) is 71.3 Å². The van der Waals surface area contributed by atoms with E-state index < -0.39 is 10.0 Å². The summed E-state index contributed by atoms with van der Waals surface area (Å²) in [5, 5.41) is 9.29. The number of aromatic nitrogens is 1. The van der Waals surface area contributed by atoms with Crippen LogP contribution in [-0.4, -0.2) is 24.1 Å². The van der Waals surface area contributed by atoms with E-state index in [1.165, 1.54) is 12.8 Å². The van der Waals surface area contributed by atoms with Gasteiger partial charge in [0.2, 0.25) is 10.0 Å². The Hall–Kier alpha value is -0.850. The van der Waals surface area contributed by atoms with Gasteiger partial charge in [-0.25, -0.2) is 13.1 Å². The van der Waals surface area contributed by atoms with Gasteiger partial charge >= 0.3 is 0 Å². The zero-order valence-electron chi connectivity index (χ0n) is 12.9. The van der Waals surface area contributed by atoms with Crippen LogP contribution in [0, 0.1) is 5.92 Å². The highest BCUT2D eigenvalue weighted by Gasteiger charge is 2.26. The summed E-state index contributed by atoms with van der Waals surface area (Å²) in [6.07, 6.45) is 7.03. The predicted octanol–water partition coefficient (Wildman–Crippen LogP) is 2.25.